The van der Waals surface area contributed by atoms with E-state index in [-0.39, 0.29) is 0 Å². The predicted octanol–water partition coefficient (Wildman–Crippen LogP) is 4.37. The second-order valence-electron chi connectivity index (χ2n) is 4.59. The van der Waals surface area contributed by atoms with Gasteiger partial charge < -0.3 is 10.5 Å². The summed E-state index contributed by atoms with van der Waals surface area (Å²) < 4.78 is 7.14. The average molecular weight is 269 g/mol. The molecule has 3 rings (SSSR count). The summed E-state index contributed by atoms with van der Waals surface area (Å²) in [6.07, 6.45) is 0. The molecule has 19 heavy (non-hydrogen) atoms. The van der Waals surface area contributed by atoms with Crippen LogP contribution < -0.4 is 10.5 Å². The molecule has 0 radical (unpaired) electrons. The van der Waals surface area contributed by atoms with Gasteiger partial charge >= 0.3 is 0 Å². The molecule has 96 valence electrons. The van der Waals surface area contributed by atoms with Crippen molar-refractivity contribution in [2.24, 2.45) is 0 Å². The van der Waals surface area contributed by atoms with Crippen LogP contribution in [-0.4, -0.2) is 0 Å². The summed E-state index contributed by atoms with van der Waals surface area (Å²) in [6, 6.07) is 14.2. The fourth-order valence-electron chi connectivity index (χ4n) is 2.07. The Kier molecular flexibility index (Phi) is 3.13. The molecule has 0 spiro atoms. The molecule has 2 aromatic carbocycles. The lowest BCUT2D eigenvalue weighted by Crippen LogP contribution is -1.98. The summed E-state index contributed by atoms with van der Waals surface area (Å²) in [5, 5.41) is 3.41. The summed E-state index contributed by atoms with van der Waals surface area (Å²) in [5.74, 6) is 0.760. The molecule has 2 nitrogen and oxygen atoms in total. The van der Waals surface area contributed by atoms with E-state index in [2.05, 4.69) is 29.6 Å². The Morgan fingerprint density at radius 1 is 1.16 bits per heavy atom. The maximum absolute atomic E-state index is 5.92. The number of hydrogen-bond donors (Lipinski definition) is 1. The number of fused-ring (bicyclic) bond motifs is 1. The van der Waals surface area contributed by atoms with Crippen molar-refractivity contribution >= 4 is 27.1 Å². The molecule has 0 amide bonds. The van der Waals surface area contributed by atoms with Crippen molar-refractivity contribution in [2.75, 3.05) is 5.73 Å². The Hall–Kier alpha value is -2.00. The molecule has 0 unspecified atom stereocenters. The lowest BCUT2D eigenvalue weighted by Gasteiger charge is -2.09. The minimum Gasteiger partial charge on any atom is -0.487 e. The summed E-state index contributed by atoms with van der Waals surface area (Å²) in [6.45, 7) is 2.59. The van der Waals surface area contributed by atoms with Crippen molar-refractivity contribution in [2.45, 2.75) is 13.5 Å². The van der Waals surface area contributed by atoms with Crippen LogP contribution >= 0.6 is 11.3 Å². The van der Waals surface area contributed by atoms with E-state index < -0.39 is 0 Å². The molecule has 3 aromatic rings. The number of nitrogens with two attached hydrogens (primary N) is 1. The van der Waals surface area contributed by atoms with Crippen molar-refractivity contribution in [1.29, 1.82) is 0 Å². The van der Waals surface area contributed by atoms with Gasteiger partial charge in [0.05, 0.1) is 5.69 Å². The SMILES string of the molecule is Cc1ccc(N)c(OCc2csc3ccccc23)c1. The maximum atomic E-state index is 5.92. The number of nitrogen functional groups attached to an aromatic ring is 1. The topological polar surface area (TPSA) is 35.2 Å². The van der Waals surface area contributed by atoms with Gasteiger partial charge in [0, 0.05) is 10.3 Å². The molecule has 0 atom stereocenters. The molecule has 0 aliphatic heterocycles. The van der Waals surface area contributed by atoms with E-state index in [9.17, 15) is 0 Å². The quantitative estimate of drug-likeness (QED) is 0.716. The maximum Gasteiger partial charge on any atom is 0.142 e. The van der Waals surface area contributed by atoms with E-state index in [1.54, 1.807) is 11.3 Å². The van der Waals surface area contributed by atoms with Crippen LogP contribution in [0.1, 0.15) is 11.1 Å². The highest BCUT2D eigenvalue weighted by Gasteiger charge is 2.06. The minimum atomic E-state index is 0.553. The number of rotatable bonds is 3. The van der Waals surface area contributed by atoms with Crippen LogP contribution in [-0.2, 0) is 6.61 Å². The van der Waals surface area contributed by atoms with Gasteiger partial charge in [-0.05, 0) is 41.5 Å². The Bertz CT molecular complexity index is 718. The van der Waals surface area contributed by atoms with Gasteiger partial charge in [0.2, 0.25) is 0 Å². The molecule has 0 bridgehead atoms. The minimum absolute atomic E-state index is 0.553. The molecule has 1 heterocycles. The third-order valence-corrected chi connectivity index (χ3v) is 4.13. The number of thiophene rings is 1. The normalized spacial score (nSPS) is 10.8. The molecule has 0 fully saturated rings. The highest BCUT2D eigenvalue weighted by atomic mass is 32.1. The van der Waals surface area contributed by atoms with Crippen LogP contribution in [0, 0.1) is 6.92 Å². The first-order chi connectivity index (χ1) is 9.24. The van der Waals surface area contributed by atoms with Gasteiger partial charge in [-0.2, -0.15) is 0 Å². The van der Waals surface area contributed by atoms with E-state index in [1.165, 1.54) is 15.6 Å². The van der Waals surface area contributed by atoms with E-state index in [4.69, 9.17) is 10.5 Å². The zero-order valence-electron chi connectivity index (χ0n) is 10.7. The van der Waals surface area contributed by atoms with Gasteiger partial charge in [0.15, 0.2) is 0 Å². The van der Waals surface area contributed by atoms with Crippen LogP contribution in [0.2, 0.25) is 0 Å². The number of anilines is 1. The van der Waals surface area contributed by atoms with Crippen LogP contribution in [0.5, 0.6) is 5.75 Å². The highest BCUT2D eigenvalue weighted by Crippen LogP contribution is 2.28. The second-order valence-corrected chi connectivity index (χ2v) is 5.50. The van der Waals surface area contributed by atoms with Gasteiger partial charge in [0.25, 0.3) is 0 Å². The van der Waals surface area contributed by atoms with E-state index >= 15 is 0 Å². The molecule has 2 N–H and O–H groups in total. The first kappa shape index (κ1) is 12.1. The first-order valence-electron chi connectivity index (χ1n) is 6.18. The molecule has 1 aromatic heterocycles. The van der Waals surface area contributed by atoms with Gasteiger partial charge in [-0.25, -0.2) is 0 Å². The zero-order chi connectivity index (χ0) is 13.2. The lowest BCUT2D eigenvalue weighted by molar-refractivity contribution is 0.309. The van der Waals surface area contributed by atoms with Crippen LogP contribution in [0.4, 0.5) is 5.69 Å². The second kappa shape index (κ2) is 4.94. The van der Waals surface area contributed by atoms with Crippen LogP contribution in [0.3, 0.4) is 0 Å². The van der Waals surface area contributed by atoms with Gasteiger partial charge in [-0.1, -0.05) is 24.3 Å². The van der Waals surface area contributed by atoms with E-state index in [0.29, 0.717) is 12.3 Å². The molecule has 0 aliphatic rings. The van der Waals surface area contributed by atoms with Gasteiger partial charge in [-0.15, -0.1) is 11.3 Å². The number of aryl methyl sites for hydroxylation is 1. The smallest absolute Gasteiger partial charge is 0.142 e. The molecule has 0 aliphatic carbocycles. The molecule has 0 saturated carbocycles. The Morgan fingerprint density at radius 3 is 2.89 bits per heavy atom. The number of ether oxygens (including phenoxy) is 1. The average Bonchev–Trinajstić information content (AvgIpc) is 2.83. The van der Waals surface area contributed by atoms with Crippen molar-refractivity contribution in [3.63, 3.8) is 0 Å². The Morgan fingerprint density at radius 2 is 2.00 bits per heavy atom. The summed E-state index contributed by atoms with van der Waals surface area (Å²) in [7, 11) is 0. The Balaban J connectivity index is 1.84. The third-order valence-electron chi connectivity index (χ3n) is 3.11. The zero-order valence-corrected chi connectivity index (χ0v) is 11.5. The summed E-state index contributed by atoms with van der Waals surface area (Å²) in [5.41, 5.74) is 8.97. The van der Waals surface area contributed by atoms with Gasteiger partial charge in [-0.3, -0.25) is 0 Å². The standard InChI is InChI=1S/C16H15NOS/c1-11-6-7-14(17)15(8-11)18-9-12-10-19-16-5-3-2-4-13(12)16/h2-8,10H,9,17H2,1H3. The highest BCUT2D eigenvalue weighted by molar-refractivity contribution is 7.17. The third kappa shape index (κ3) is 2.42. The van der Waals surface area contributed by atoms with Crippen molar-refractivity contribution < 1.29 is 4.74 Å². The van der Waals surface area contributed by atoms with Crippen LogP contribution in [0.15, 0.2) is 47.8 Å². The molecule has 3 heteroatoms. The summed E-state index contributed by atoms with van der Waals surface area (Å²) in [4.78, 5) is 0. The van der Waals surface area contributed by atoms with Crippen molar-refractivity contribution in [3.8, 4) is 5.75 Å². The summed E-state index contributed by atoms with van der Waals surface area (Å²) >= 11 is 1.75. The number of hydrogen-bond acceptors (Lipinski definition) is 3. The largest absolute Gasteiger partial charge is 0.487 e. The fraction of sp³-hybridized carbons (Fsp3) is 0.125. The first-order valence-corrected chi connectivity index (χ1v) is 7.06. The van der Waals surface area contributed by atoms with E-state index in [1.807, 2.05) is 25.1 Å². The van der Waals surface area contributed by atoms with E-state index in [0.717, 1.165) is 11.3 Å². The van der Waals surface area contributed by atoms with Crippen molar-refractivity contribution in [1.82, 2.24) is 0 Å². The number of benzene rings is 2. The molecule has 0 saturated heterocycles. The fourth-order valence-corrected chi connectivity index (χ4v) is 3.01. The molecular weight excluding hydrogens is 254 g/mol. The Labute approximate surface area is 116 Å². The predicted molar refractivity (Wildman–Crippen MR) is 81.7 cm³/mol. The van der Waals surface area contributed by atoms with Gasteiger partial charge in [0.1, 0.15) is 12.4 Å². The lowest BCUT2D eigenvalue weighted by atomic mass is 10.2. The van der Waals surface area contributed by atoms with Crippen molar-refractivity contribution in [3.05, 3.63) is 59.0 Å². The molecular formula is C16H15NOS. The van der Waals surface area contributed by atoms with Crippen LogP contribution in [0.25, 0.3) is 10.1 Å². The monoisotopic (exact) mass is 269 g/mol.